The molecule has 1 aliphatic carbocycles. The number of ether oxygens (including phenoxy) is 1. The summed E-state index contributed by atoms with van der Waals surface area (Å²) >= 11 is 11.5. The van der Waals surface area contributed by atoms with Crippen molar-refractivity contribution in [1.82, 2.24) is 5.32 Å². The molecule has 1 aliphatic rings. The molecule has 0 unspecified atom stereocenters. The van der Waals surface area contributed by atoms with Gasteiger partial charge in [-0.3, -0.25) is 4.79 Å². The van der Waals surface area contributed by atoms with Crippen molar-refractivity contribution < 1.29 is 18.7 Å². The highest BCUT2D eigenvalue weighted by Gasteiger charge is 2.26. The van der Waals surface area contributed by atoms with Crippen LogP contribution in [0.4, 0.5) is 4.39 Å². The molecule has 0 bridgehead atoms. The minimum absolute atomic E-state index is 0.0296. The summed E-state index contributed by atoms with van der Waals surface area (Å²) in [5, 5.41) is 2.72. The molecule has 0 atom stereocenters. The summed E-state index contributed by atoms with van der Waals surface area (Å²) in [7, 11) is 0. The quantitative estimate of drug-likeness (QED) is 0.214. The average Bonchev–Trinajstić information content (AvgIpc) is 3.27. The molecule has 22 heavy (non-hydrogen) atoms. The van der Waals surface area contributed by atoms with Crippen molar-refractivity contribution in [2.45, 2.75) is 25.8 Å². The van der Waals surface area contributed by atoms with Crippen molar-refractivity contribution in [2.75, 3.05) is 6.61 Å². The Bertz CT molecular complexity index is 642. The predicted octanol–water partition coefficient (Wildman–Crippen LogP) is 3.51. The zero-order chi connectivity index (χ0) is 16.3. The fraction of sp³-hybridized carbons (Fsp3) is 0.333. The molecule has 1 saturated carbocycles. The molecule has 1 fully saturated rings. The van der Waals surface area contributed by atoms with Crippen molar-refractivity contribution in [3.05, 3.63) is 45.3 Å². The van der Waals surface area contributed by atoms with E-state index in [1.165, 1.54) is 6.20 Å². The Labute approximate surface area is 137 Å². The molecular weight excluding hydrogens is 332 g/mol. The van der Waals surface area contributed by atoms with Gasteiger partial charge in [-0.25, -0.2) is 9.18 Å². The largest absolute Gasteiger partial charge is 0.462 e. The number of carbonyl (C=O) groups excluding carboxylic acids is 2. The SMILES string of the molecule is CCOC(=O)C(=CNC1CC1)C(=O)c1cc(F)c(Cl)cc1Cl. The van der Waals surface area contributed by atoms with Crippen LogP contribution in [0.25, 0.3) is 0 Å². The summed E-state index contributed by atoms with van der Waals surface area (Å²) in [5.41, 5.74) is -0.363. The zero-order valence-electron chi connectivity index (χ0n) is 11.8. The van der Waals surface area contributed by atoms with Crippen molar-refractivity contribution >= 4 is 35.0 Å². The molecule has 0 saturated heterocycles. The Morgan fingerprint density at radius 2 is 2.05 bits per heavy atom. The monoisotopic (exact) mass is 345 g/mol. The van der Waals surface area contributed by atoms with E-state index >= 15 is 0 Å². The van der Waals surface area contributed by atoms with Gasteiger partial charge < -0.3 is 10.1 Å². The van der Waals surface area contributed by atoms with Gasteiger partial charge in [0.2, 0.25) is 5.78 Å². The standard InChI is InChI=1S/C15H14Cl2FNO3/c1-2-22-15(21)10(7-19-8-3-4-8)14(20)9-5-13(18)12(17)6-11(9)16/h5-8,19H,2-4H2,1H3. The summed E-state index contributed by atoms with van der Waals surface area (Å²) in [6.07, 6.45) is 3.25. The van der Waals surface area contributed by atoms with Crippen LogP contribution in [0.3, 0.4) is 0 Å². The smallest absolute Gasteiger partial charge is 0.343 e. The second kappa shape index (κ2) is 7.11. The third-order valence-corrected chi connectivity index (χ3v) is 3.64. The Balaban J connectivity index is 2.33. The lowest BCUT2D eigenvalue weighted by Gasteiger charge is -2.09. The van der Waals surface area contributed by atoms with E-state index in [9.17, 15) is 14.0 Å². The number of esters is 1. The van der Waals surface area contributed by atoms with Crippen molar-refractivity contribution in [3.8, 4) is 0 Å². The normalized spacial score (nSPS) is 14.6. The lowest BCUT2D eigenvalue weighted by molar-refractivity contribution is -0.138. The van der Waals surface area contributed by atoms with Crippen LogP contribution in [0.2, 0.25) is 10.0 Å². The molecule has 7 heteroatoms. The molecule has 4 nitrogen and oxygen atoms in total. The van der Waals surface area contributed by atoms with Gasteiger partial charge in [-0.2, -0.15) is 0 Å². The fourth-order valence-corrected chi connectivity index (χ4v) is 2.19. The van der Waals surface area contributed by atoms with Crippen molar-refractivity contribution in [2.24, 2.45) is 0 Å². The molecule has 118 valence electrons. The van der Waals surface area contributed by atoms with Crippen LogP contribution in [0.1, 0.15) is 30.1 Å². The molecule has 0 aliphatic heterocycles. The third-order valence-electron chi connectivity index (χ3n) is 3.04. The van der Waals surface area contributed by atoms with Gasteiger partial charge in [0.05, 0.1) is 16.7 Å². The second-order valence-corrected chi connectivity index (χ2v) is 5.61. The second-order valence-electron chi connectivity index (χ2n) is 4.79. The number of halogens is 3. The number of nitrogens with one attached hydrogen (secondary N) is 1. The number of ketones is 1. The topological polar surface area (TPSA) is 55.4 Å². The maximum absolute atomic E-state index is 13.6. The molecule has 0 heterocycles. The maximum Gasteiger partial charge on any atom is 0.343 e. The van der Waals surface area contributed by atoms with Crippen LogP contribution in [-0.4, -0.2) is 24.4 Å². The first-order chi connectivity index (χ1) is 10.4. The van der Waals surface area contributed by atoms with Crippen LogP contribution in [0, 0.1) is 5.82 Å². The molecule has 1 aromatic carbocycles. The number of rotatable bonds is 6. The number of hydrogen-bond donors (Lipinski definition) is 1. The van der Waals surface area contributed by atoms with Crippen LogP contribution >= 0.6 is 23.2 Å². The molecule has 0 amide bonds. The first-order valence-electron chi connectivity index (χ1n) is 6.76. The van der Waals surface area contributed by atoms with Gasteiger partial charge in [-0.05, 0) is 31.9 Å². The molecule has 0 aromatic heterocycles. The molecule has 1 aromatic rings. The summed E-state index contributed by atoms with van der Waals surface area (Å²) in [6, 6.07) is 2.29. The van der Waals surface area contributed by atoms with Gasteiger partial charge >= 0.3 is 5.97 Å². The Morgan fingerprint density at radius 1 is 1.36 bits per heavy atom. The van der Waals surface area contributed by atoms with Crippen LogP contribution in [0.5, 0.6) is 0 Å². The van der Waals surface area contributed by atoms with Gasteiger partial charge in [0.25, 0.3) is 0 Å². The summed E-state index contributed by atoms with van der Waals surface area (Å²) in [6.45, 7) is 1.75. The fourth-order valence-electron chi connectivity index (χ4n) is 1.72. The third kappa shape index (κ3) is 3.99. The highest BCUT2D eigenvalue weighted by atomic mass is 35.5. The van der Waals surface area contributed by atoms with Gasteiger partial charge in [0, 0.05) is 17.8 Å². The van der Waals surface area contributed by atoms with E-state index in [4.69, 9.17) is 27.9 Å². The van der Waals surface area contributed by atoms with E-state index in [2.05, 4.69) is 5.32 Å². The lowest BCUT2D eigenvalue weighted by Crippen LogP contribution is -2.21. The van der Waals surface area contributed by atoms with E-state index in [0.29, 0.717) is 0 Å². The van der Waals surface area contributed by atoms with Crippen LogP contribution < -0.4 is 5.32 Å². The Morgan fingerprint density at radius 3 is 2.64 bits per heavy atom. The number of carbonyl (C=O) groups is 2. The van der Waals surface area contributed by atoms with E-state index in [-0.39, 0.29) is 33.8 Å². The van der Waals surface area contributed by atoms with Crippen molar-refractivity contribution in [3.63, 3.8) is 0 Å². The highest BCUT2D eigenvalue weighted by molar-refractivity contribution is 6.39. The van der Waals surface area contributed by atoms with E-state index in [1.54, 1.807) is 6.92 Å². The lowest BCUT2D eigenvalue weighted by atomic mass is 10.0. The van der Waals surface area contributed by atoms with E-state index in [1.807, 2.05) is 0 Å². The minimum atomic E-state index is -0.785. The first kappa shape index (κ1) is 16.8. The molecule has 0 radical (unpaired) electrons. The van der Waals surface area contributed by atoms with E-state index in [0.717, 1.165) is 25.0 Å². The van der Waals surface area contributed by atoms with Gasteiger partial charge in [0.15, 0.2) is 0 Å². The number of Topliss-reactive ketones (excluding diaryl/α,β-unsaturated/α-hetero) is 1. The molecule has 0 spiro atoms. The molecule has 1 N–H and O–H groups in total. The number of benzene rings is 1. The van der Waals surface area contributed by atoms with Crippen LogP contribution in [-0.2, 0) is 9.53 Å². The van der Waals surface area contributed by atoms with Crippen molar-refractivity contribution in [1.29, 1.82) is 0 Å². The Hall–Kier alpha value is -1.59. The highest BCUT2D eigenvalue weighted by Crippen LogP contribution is 2.27. The summed E-state index contributed by atoms with van der Waals surface area (Å²) in [5.74, 6) is -2.29. The van der Waals surface area contributed by atoms with Crippen LogP contribution in [0.15, 0.2) is 23.9 Å². The number of hydrogen-bond acceptors (Lipinski definition) is 4. The molecular formula is C15H14Cl2FNO3. The van der Waals surface area contributed by atoms with E-state index < -0.39 is 17.6 Å². The first-order valence-corrected chi connectivity index (χ1v) is 7.52. The summed E-state index contributed by atoms with van der Waals surface area (Å²) in [4.78, 5) is 24.4. The van der Waals surface area contributed by atoms with Gasteiger partial charge in [0.1, 0.15) is 11.4 Å². The minimum Gasteiger partial charge on any atom is -0.462 e. The van der Waals surface area contributed by atoms with Gasteiger partial charge in [-0.15, -0.1) is 0 Å². The zero-order valence-corrected chi connectivity index (χ0v) is 13.3. The van der Waals surface area contributed by atoms with Gasteiger partial charge in [-0.1, -0.05) is 23.2 Å². The predicted molar refractivity (Wildman–Crippen MR) is 81.6 cm³/mol. The molecule has 2 rings (SSSR count). The average molecular weight is 346 g/mol. The maximum atomic E-state index is 13.6. The Kier molecular flexibility index (Phi) is 5.42. The summed E-state index contributed by atoms with van der Waals surface area (Å²) < 4.78 is 18.4.